The van der Waals surface area contributed by atoms with Crippen LogP contribution in [0.1, 0.15) is 78.1 Å². The Kier molecular flexibility index (Phi) is 12.2. The van der Waals surface area contributed by atoms with Gasteiger partial charge in [0.05, 0.1) is 50.1 Å². The number of benzene rings is 2. The van der Waals surface area contributed by atoms with E-state index >= 15 is 0 Å². The van der Waals surface area contributed by atoms with Crippen LogP contribution in [0.5, 0.6) is 0 Å². The number of methoxy groups -OCH3 is 2. The first-order valence-electron chi connectivity index (χ1n) is 19.4. The molecule has 14 nitrogen and oxygen atoms in total. The van der Waals surface area contributed by atoms with Crippen molar-refractivity contribution in [2.45, 2.75) is 78.6 Å². The summed E-state index contributed by atoms with van der Waals surface area (Å²) in [4.78, 5) is 71.3. The van der Waals surface area contributed by atoms with E-state index in [1.165, 1.54) is 14.2 Å². The molecule has 2 fully saturated rings. The minimum atomic E-state index is -0.700. The highest BCUT2D eigenvalue weighted by molar-refractivity contribution is 5.87. The molecular weight excluding hydrogens is 713 g/mol. The van der Waals surface area contributed by atoms with Crippen molar-refractivity contribution < 1.29 is 28.7 Å². The van der Waals surface area contributed by atoms with Gasteiger partial charge < -0.3 is 39.9 Å². The highest BCUT2D eigenvalue weighted by atomic mass is 16.5. The zero-order valence-electron chi connectivity index (χ0n) is 33.5. The summed E-state index contributed by atoms with van der Waals surface area (Å²) in [5, 5.41) is 5.42. The maximum absolute atomic E-state index is 13.7. The fourth-order valence-corrected chi connectivity index (χ4v) is 7.84. The highest BCUT2D eigenvalue weighted by Gasteiger charge is 2.41. The van der Waals surface area contributed by atoms with Crippen LogP contribution in [0.3, 0.4) is 0 Å². The van der Waals surface area contributed by atoms with Gasteiger partial charge in [-0.3, -0.25) is 9.59 Å². The first kappa shape index (κ1) is 40.0. The third-order valence-corrected chi connectivity index (χ3v) is 10.9. The van der Waals surface area contributed by atoms with E-state index in [0.29, 0.717) is 13.1 Å². The van der Waals surface area contributed by atoms with Crippen LogP contribution < -0.4 is 10.6 Å². The number of nitrogens with zero attached hydrogens (tertiary/aromatic N) is 4. The van der Waals surface area contributed by atoms with Crippen molar-refractivity contribution in [2.24, 2.45) is 23.7 Å². The van der Waals surface area contributed by atoms with E-state index in [0.717, 1.165) is 58.1 Å². The zero-order chi connectivity index (χ0) is 40.3. The molecule has 0 aliphatic carbocycles. The minimum absolute atomic E-state index is 0.114. The third-order valence-electron chi connectivity index (χ3n) is 10.9. The van der Waals surface area contributed by atoms with E-state index < -0.39 is 24.3 Å². The number of H-pyrrole nitrogens is 2. The maximum Gasteiger partial charge on any atom is 0.407 e. The summed E-state index contributed by atoms with van der Waals surface area (Å²) in [7, 11) is 2.58. The summed E-state index contributed by atoms with van der Waals surface area (Å²) in [5.74, 6) is 1.48. The summed E-state index contributed by atoms with van der Waals surface area (Å²) in [6.45, 7) is 13.0. The number of hydrogen-bond acceptors (Lipinski definition) is 8. The summed E-state index contributed by atoms with van der Waals surface area (Å²) in [5.41, 5.74) is 5.76. The van der Waals surface area contributed by atoms with E-state index in [9.17, 15) is 19.2 Å². The molecule has 0 spiro atoms. The molecule has 4 N–H and O–H groups in total. The Hall–Kier alpha value is -5.66. The van der Waals surface area contributed by atoms with Gasteiger partial charge in [-0.25, -0.2) is 19.6 Å². The van der Waals surface area contributed by atoms with Gasteiger partial charge in [-0.15, -0.1) is 0 Å². The lowest BCUT2D eigenvalue weighted by molar-refractivity contribution is -0.136. The average molecular weight is 767 g/mol. The topological polar surface area (TPSA) is 175 Å². The molecular formula is C42H54N8O6. The Morgan fingerprint density at radius 3 is 1.29 bits per heavy atom. The first-order valence-corrected chi connectivity index (χ1v) is 19.4. The smallest absolute Gasteiger partial charge is 0.407 e. The second kappa shape index (κ2) is 17.0. The molecule has 2 aromatic carbocycles. The first-order chi connectivity index (χ1) is 26.8. The Labute approximate surface area is 328 Å². The Morgan fingerprint density at radius 2 is 0.964 bits per heavy atom. The molecule has 0 saturated carbocycles. The molecule has 0 radical (unpaired) electrons. The number of carbonyl (C=O) groups is 4. The SMILES string of the molecule is COC(=O)N[C@H](C(=O)N1C[C@@H](C)CC1c1ncc(-c2ccc(-c3ccc(-c4cnc(C5C[C@H](C)CN5C(=O)[C@@H](NC(=O)OC)C(C)C)[nH]4)cc3)cc2)[nH]1)C(C)C. The lowest BCUT2D eigenvalue weighted by Crippen LogP contribution is -2.51. The summed E-state index contributed by atoms with van der Waals surface area (Å²) in [6.07, 6.45) is 3.89. The molecule has 298 valence electrons. The van der Waals surface area contributed by atoms with Crippen LogP contribution in [-0.2, 0) is 19.1 Å². The van der Waals surface area contributed by atoms with Crippen LogP contribution in [0.4, 0.5) is 9.59 Å². The molecule has 2 aliphatic rings. The summed E-state index contributed by atoms with van der Waals surface area (Å²) < 4.78 is 9.55. The van der Waals surface area contributed by atoms with E-state index in [1.807, 2.05) is 37.5 Å². The molecule has 4 aromatic rings. The van der Waals surface area contributed by atoms with Crippen LogP contribution in [0.25, 0.3) is 33.6 Å². The lowest BCUT2D eigenvalue weighted by Gasteiger charge is -2.30. The van der Waals surface area contributed by atoms with Gasteiger partial charge in [0.1, 0.15) is 23.7 Å². The van der Waals surface area contributed by atoms with Crippen molar-refractivity contribution in [2.75, 3.05) is 27.3 Å². The van der Waals surface area contributed by atoms with Crippen molar-refractivity contribution in [3.8, 4) is 33.6 Å². The normalized spacial score (nSPS) is 20.6. The largest absolute Gasteiger partial charge is 0.453 e. The van der Waals surface area contributed by atoms with Crippen LogP contribution in [0, 0.1) is 23.7 Å². The maximum atomic E-state index is 13.7. The van der Waals surface area contributed by atoms with E-state index in [-0.39, 0.29) is 47.6 Å². The van der Waals surface area contributed by atoms with E-state index in [1.54, 1.807) is 12.4 Å². The number of rotatable bonds is 11. The van der Waals surface area contributed by atoms with Crippen LogP contribution in [0.2, 0.25) is 0 Å². The average Bonchev–Trinajstić information content (AvgIpc) is 4.02. The Morgan fingerprint density at radius 1 is 0.625 bits per heavy atom. The molecule has 2 saturated heterocycles. The molecule has 2 unspecified atom stereocenters. The summed E-state index contributed by atoms with van der Waals surface area (Å²) >= 11 is 0. The van der Waals surface area contributed by atoms with Gasteiger partial charge in [-0.2, -0.15) is 0 Å². The molecule has 56 heavy (non-hydrogen) atoms. The number of imidazole rings is 2. The summed E-state index contributed by atoms with van der Waals surface area (Å²) in [6, 6.07) is 14.6. The van der Waals surface area contributed by atoms with Crippen molar-refractivity contribution in [1.29, 1.82) is 0 Å². The zero-order valence-corrected chi connectivity index (χ0v) is 33.5. The Bertz CT molecular complexity index is 1860. The second-order valence-corrected chi connectivity index (χ2v) is 15.9. The number of aromatic amines is 2. The van der Waals surface area contributed by atoms with E-state index in [2.05, 4.69) is 83.0 Å². The van der Waals surface area contributed by atoms with Gasteiger partial charge in [0.15, 0.2) is 0 Å². The van der Waals surface area contributed by atoms with Gasteiger partial charge in [-0.1, -0.05) is 90.1 Å². The van der Waals surface area contributed by atoms with Gasteiger partial charge in [0.2, 0.25) is 11.8 Å². The monoisotopic (exact) mass is 766 g/mol. The molecule has 4 heterocycles. The minimum Gasteiger partial charge on any atom is -0.453 e. The quantitative estimate of drug-likeness (QED) is 0.130. The van der Waals surface area contributed by atoms with Gasteiger partial charge in [0.25, 0.3) is 0 Å². The number of aromatic nitrogens is 4. The predicted molar refractivity (Wildman–Crippen MR) is 212 cm³/mol. The fraction of sp³-hybridized carbons (Fsp3) is 0.476. The number of amides is 4. The molecule has 2 aliphatic heterocycles. The van der Waals surface area contributed by atoms with Crippen LogP contribution in [-0.4, -0.2) is 93.1 Å². The van der Waals surface area contributed by atoms with Crippen molar-refractivity contribution in [1.82, 2.24) is 40.4 Å². The van der Waals surface area contributed by atoms with Crippen LogP contribution >= 0.6 is 0 Å². The number of ether oxygens (including phenoxy) is 2. The molecule has 4 amide bonds. The predicted octanol–water partition coefficient (Wildman–Crippen LogP) is 6.71. The molecule has 6 rings (SSSR count). The van der Waals surface area contributed by atoms with E-state index in [4.69, 9.17) is 19.4 Å². The van der Waals surface area contributed by atoms with Gasteiger partial charge >= 0.3 is 12.2 Å². The molecule has 2 aromatic heterocycles. The number of carbonyl (C=O) groups excluding carboxylic acids is 4. The Balaban J connectivity index is 1.13. The number of alkyl carbamates (subject to hydrolysis) is 2. The van der Waals surface area contributed by atoms with Gasteiger partial charge in [0, 0.05) is 13.1 Å². The number of hydrogen-bond donors (Lipinski definition) is 4. The number of likely N-dealkylation sites (tertiary alicyclic amines) is 2. The number of nitrogens with one attached hydrogen (secondary N) is 4. The molecule has 0 bridgehead atoms. The lowest BCUT2D eigenvalue weighted by atomic mass is 10.0. The highest BCUT2D eigenvalue weighted by Crippen LogP contribution is 2.38. The molecule has 6 atom stereocenters. The molecule has 14 heteroatoms. The van der Waals surface area contributed by atoms with Gasteiger partial charge in [-0.05, 0) is 58.8 Å². The van der Waals surface area contributed by atoms with Crippen molar-refractivity contribution in [3.63, 3.8) is 0 Å². The van der Waals surface area contributed by atoms with Crippen molar-refractivity contribution >= 4 is 24.0 Å². The third kappa shape index (κ3) is 8.58. The fourth-order valence-electron chi connectivity index (χ4n) is 7.84. The van der Waals surface area contributed by atoms with Crippen LogP contribution in [0.15, 0.2) is 60.9 Å². The second-order valence-electron chi connectivity index (χ2n) is 15.9. The van der Waals surface area contributed by atoms with Crippen molar-refractivity contribution in [3.05, 3.63) is 72.6 Å². The standard InChI is InChI=1S/C42H54N8O6/c1-23(2)35(47-41(53)55-7)39(51)49-21-25(5)17-33(49)37-43-19-31(45-37)29-13-9-27(10-14-29)28-11-15-30(16-12-28)32-20-44-38(46-32)34-18-26(6)22-50(34)40(52)36(24(3)4)48-42(54)56-8/h9-16,19-20,23-26,33-36H,17-18,21-22H2,1-8H3,(H,43,45)(H,44,46)(H,47,53)(H,48,54)/t25-,26-,33?,34?,35-,36-/m0/s1.